The summed E-state index contributed by atoms with van der Waals surface area (Å²) >= 11 is 0. The molecule has 4 rings (SSSR count). The van der Waals surface area contributed by atoms with Gasteiger partial charge in [0.25, 0.3) is 5.56 Å². The first-order chi connectivity index (χ1) is 17.3. The molecule has 0 fully saturated rings. The number of aryl methyl sites for hydroxylation is 2. The summed E-state index contributed by atoms with van der Waals surface area (Å²) in [6.45, 7) is 3.73. The third-order valence-corrected chi connectivity index (χ3v) is 6.24. The first kappa shape index (κ1) is 24.7. The minimum absolute atomic E-state index is 0.109. The maximum absolute atomic E-state index is 13.4. The highest BCUT2D eigenvalue weighted by atomic mass is 16.5. The van der Waals surface area contributed by atoms with Gasteiger partial charge in [-0.25, -0.2) is 9.78 Å². The van der Waals surface area contributed by atoms with Crippen LogP contribution in [0.2, 0.25) is 0 Å². The van der Waals surface area contributed by atoms with Crippen molar-refractivity contribution in [1.29, 1.82) is 0 Å². The van der Waals surface area contributed by atoms with Gasteiger partial charge in [0.05, 0.1) is 19.7 Å². The second kappa shape index (κ2) is 10.5. The number of ether oxygens (including phenoxy) is 2. The predicted octanol–water partition coefficient (Wildman–Crippen LogP) is 3.07. The molecule has 1 amide bonds. The molecule has 0 aliphatic rings. The van der Waals surface area contributed by atoms with Gasteiger partial charge in [-0.2, -0.15) is 0 Å². The highest BCUT2D eigenvalue weighted by Crippen LogP contribution is 2.27. The molecule has 186 valence electrons. The number of nitrogens with one attached hydrogen (secondary N) is 1. The lowest BCUT2D eigenvalue weighted by atomic mass is 10.1. The molecule has 0 aliphatic heterocycles. The van der Waals surface area contributed by atoms with Gasteiger partial charge in [-0.1, -0.05) is 18.2 Å². The van der Waals surface area contributed by atoms with Crippen LogP contribution in [0.1, 0.15) is 16.7 Å². The summed E-state index contributed by atoms with van der Waals surface area (Å²) in [6.07, 6.45) is 1.88. The van der Waals surface area contributed by atoms with Crippen LogP contribution in [0.3, 0.4) is 0 Å². The number of amides is 1. The number of benzene rings is 2. The summed E-state index contributed by atoms with van der Waals surface area (Å²) in [7, 11) is 3.10. The number of carbonyl (C=O) groups is 1. The van der Waals surface area contributed by atoms with E-state index in [1.165, 1.54) is 10.8 Å². The Morgan fingerprint density at radius 3 is 2.50 bits per heavy atom. The second-order valence-corrected chi connectivity index (χ2v) is 8.43. The van der Waals surface area contributed by atoms with E-state index in [4.69, 9.17) is 9.47 Å². The number of anilines is 1. The first-order valence-electron chi connectivity index (χ1n) is 11.5. The van der Waals surface area contributed by atoms with Crippen LogP contribution in [0.15, 0.2) is 64.3 Å². The van der Waals surface area contributed by atoms with Crippen molar-refractivity contribution in [3.8, 4) is 11.5 Å². The highest BCUT2D eigenvalue weighted by Gasteiger charge is 2.17. The first-order valence-corrected chi connectivity index (χ1v) is 11.5. The molecule has 0 saturated carbocycles. The van der Waals surface area contributed by atoms with Crippen molar-refractivity contribution in [2.45, 2.75) is 33.4 Å². The zero-order valence-electron chi connectivity index (χ0n) is 20.7. The molecule has 9 heteroatoms. The van der Waals surface area contributed by atoms with Crippen LogP contribution in [-0.2, 0) is 24.3 Å². The van der Waals surface area contributed by atoms with Gasteiger partial charge in [-0.3, -0.25) is 18.7 Å². The van der Waals surface area contributed by atoms with E-state index in [1.54, 1.807) is 38.5 Å². The number of pyridine rings is 1. The van der Waals surface area contributed by atoms with Crippen LogP contribution >= 0.6 is 0 Å². The number of aromatic nitrogens is 3. The number of methoxy groups -OCH3 is 2. The summed E-state index contributed by atoms with van der Waals surface area (Å²) in [6, 6.07) is 14.3. The molecule has 9 nitrogen and oxygen atoms in total. The molecule has 1 N–H and O–H groups in total. The third kappa shape index (κ3) is 4.86. The molecule has 4 aromatic rings. The average Bonchev–Trinajstić information content (AvgIpc) is 2.89. The Kier molecular flexibility index (Phi) is 7.19. The number of hydrogen-bond acceptors (Lipinski definition) is 6. The fourth-order valence-corrected chi connectivity index (χ4v) is 4.09. The molecule has 0 spiro atoms. The lowest BCUT2D eigenvalue weighted by Gasteiger charge is -2.15. The molecule has 2 heterocycles. The summed E-state index contributed by atoms with van der Waals surface area (Å²) in [4.78, 5) is 43.7. The Labute approximate surface area is 207 Å². The van der Waals surface area contributed by atoms with E-state index in [9.17, 15) is 14.4 Å². The van der Waals surface area contributed by atoms with Crippen molar-refractivity contribution < 1.29 is 14.3 Å². The smallest absolute Gasteiger partial charge is 0.332 e. The Balaban J connectivity index is 1.67. The third-order valence-electron chi connectivity index (χ3n) is 6.24. The number of carbonyl (C=O) groups excluding carboxylic acids is 1. The maximum Gasteiger partial charge on any atom is 0.332 e. The second-order valence-electron chi connectivity index (χ2n) is 8.43. The van der Waals surface area contributed by atoms with Crippen molar-refractivity contribution in [2.24, 2.45) is 0 Å². The van der Waals surface area contributed by atoms with Gasteiger partial charge in [-0.15, -0.1) is 0 Å². The van der Waals surface area contributed by atoms with Gasteiger partial charge in [0, 0.05) is 18.4 Å². The SMILES string of the molecule is COc1ccc(CCn2c(=O)c3ncccc3n(CC(=O)Nc3cccc(C)c3C)c2=O)cc1OC. The lowest BCUT2D eigenvalue weighted by Crippen LogP contribution is -2.42. The Morgan fingerprint density at radius 1 is 0.972 bits per heavy atom. The quantitative estimate of drug-likeness (QED) is 0.409. The molecule has 2 aromatic heterocycles. The fourth-order valence-electron chi connectivity index (χ4n) is 4.09. The van der Waals surface area contributed by atoms with E-state index >= 15 is 0 Å². The summed E-state index contributed by atoms with van der Waals surface area (Å²) in [5, 5.41) is 2.87. The van der Waals surface area contributed by atoms with Crippen LogP contribution in [0.25, 0.3) is 11.0 Å². The lowest BCUT2D eigenvalue weighted by molar-refractivity contribution is -0.116. The molecule has 0 atom stereocenters. The summed E-state index contributed by atoms with van der Waals surface area (Å²) < 4.78 is 13.0. The van der Waals surface area contributed by atoms with Crippen molar-refractivity contribution in [1.82, 2.24) is 14.1 Å². The minimum Gasteiger partial charge on any atom is -0.493 e. The monoisotopic (exact) mass is 488 g/mol. The molecule has 0 saturated heterocycles. The number of rotatable bonds is 8. The number of hydrogen-bond donors (Lipinski definition) is 1. The van der Waals surface area contributed by atoms with Crippen LogP contribution in [0.5, 0.6) is 11.5 Å². The van der Waals surface area contributed by atoms with E-state index < -0.39 is 11.2 Å². The van der Waals surface area contributed by atoms with E-state index in [1.807, 2.05) is 38.1 Å². The molecular formula is C27H28N4O5. The molecule has 0 bridgehead atoms. The fraction of sp³-hybridized carbons (Fsp3) is 0.259. The number of fused-ring (bicyclic) bond motifs is 1. The maximum atomic E-state index is 13.4. The average molecular weight is 489 g/mol. The van der Waals surface area contributed by atoms with Crippen LogP contribution in [-0.4, -0.2) is 34.2 Å². The largest absolute Gasteiger partial charge is 0.493 e. The Hall–Kier alpha value is -4.40. The molecule has 0 radical (unpaired) electrons. The van der Waals surface area contributed by atoms with Crippen LogP contribution < -0.4 is 26.0 Å². The molecule has 2 aromatic carbocycles. The summed E-state index contributed by atoms with van der Waals surface area (Å²) in [5.74, 6) is 0.773. The molecule has 0 unspecified atom stereocenters. The Morgan fingerprint density at radius 2 is 1.75 bits per heavy atom. The van der Waals surface area contributed by atoms with Crippen molar-refractivity contribution >= 4 is 22.6 Å². The van der Waals surface area contributed by atoms with Gasteiger partial charge < -0.3 is 14.8 Å². The molecular weight excluding hydrogens is 460 g/mol. The Bertz CT molecular complexity index is 1550. The summed E-state index contributed by atoms with van der Waals surface area (Å²) in [5.41, 5.74) is 2.90. The van der Waals surface area contributed by atoms with Gasteiger partial charge in [0.1, 0.15) is 6.54 Å². The van der Waals surface area contributed by atoms with E-state index in [-0.39, 0.29) is 24.5 Å². The standard InChI is InChI=1S/C27H28N4O5/c1-17-7-5-8-20(18(17)2)29-24(32)16-31-21-9-6-13-28-25(21)26(33)30(27(31)34)14-12-19-10-11-22(35-3)23(15-19)36-4/h5-11,13,15H,12,14,16H2,1-4H3,(H,29,32). The van der Waals surface area contributed by atoms with E-state index in [0.29, 0.717) is 29.1 Å². The van der Waals surface area contributed by atoms with Crippen molar-refractivity contribution in [2.75, 3.05) is 19.5 Å². The van der Waals surface area contributed by atoms with Crippen LogP contribution in [0.4, 0.5) is 5.69 Å². The molecule has 36 heavy (non-hydrogen) atoms. The highest BCUT2D eigenvalue weighted by molar-refractivity contribution is 5.92. The zero-order chi connectivity index (χ0) is 25.8. The predicted molar refractivity (Wildman–Crippen MR) is 138 cm³/mol. The normalized spacial score (nSPS) is 10.9. The molecule has 0 aliphatic carbocycles. The van der Waals surface area contributed by atoms with Gasteiger partial charge >= 0.3 is 5.69 Å². The number of nitrogens with zero attached hydrogens (tertiary/aromatic N) is 3. The van der Waals surface area contributed by atoms with E-state index in [0.717, 1.165) is 21.3 Å². The topological polar surface area (TPSA) is 104 Å². The van der Waals surface area contributed by atoms with Crippen LogP contribution in [0, 0.1) is 13.8 Å². The van der Waals surface area contributed by atoms with Gasteiger partial charge in [-0.05, 0) is 67.3 Å². The minimum atomic E-state index is -0.572. The van der Waals surface area contributed by atoms with Gasteiger partial charge in [0.2, 0.25) is 5.91 Å². The van der Waals surface area contributed by atoms with Gasteiger partial charge in [0.15, 0.2) is 17.0 Å². The van der Waals surface area contributed by atoms with Crippen molar-refractivity contribution in [3.05, 3.63) is 92.3 Å². The van der Waals surface area contributed by atoms with Crippen molar-refractivity contribution in [3.63, 3.8) is 0 Å². The van der Waals surface area contributed by atoms with E-state index in [2.05, 4.69) is 10.3 Å². The zero-order valence-corrected chi connectivity index (χ0v) is 20.7.